The number of Topliss-reactive ketones (excluding diaryl/α,β-unsaturated/α-hetero) is 2. The number of nitrogens with one attached hydrogen (secondary N) is 1. The number of aromatic carboxylic acids is 1. The number of nitrogens with zero attached hydrogens (tertiary/aromatic N) is 1. The highest BCUT2D eigenvalue weighted by Crippen LogP contribution is 2.29. The van der Waals surface area contributed by atoms with Crippen molar-refractivity contribution in [3.05, 3.63) is 82.9 Å². The van der Waals surface area contributed by atoms with Crippen molar-refractivity contribution in [1.82, 2.24) is 10.2 Å². The van der Waals surface area contributed by atoms with Gasteiger partial charge < -0.3 is 10.8 Å². The maximum atomic E-state index is 13.7. The largest absolute Gasteiger partial charge is 0.478 e. The second-order valence-corrected chi connectivity index (χ2v) is 12.6. The number of hydrogen-bond donors (Lipinski definition) is 3. The van der Waals surface area contributed by atoms with E-state index in [4.69, 9.17) is 5.73 Å². The molecule has 3 aromatic carbocycles. The van der Waals surface area contributed by atoms with Crippen LogP contribution in [0.5, 0.6) is 0 Å². The number of carboxylic acid groups (broad SMARTS) is 1. The van der Waals surface area contributed by atoms with E-state index < -0.39 is 41.3 Å². The van der Waals surface area contributed by atoms with Crippen molar-refractivity contribution in [3.63, 3.8) is 0 Å². The van der Waals surface area contributed by atoms with Crippen LogP contribution in [0.25, 0.3) is 10.8 Å². The van der Waals surface area contributed by atoms with Gasteiger partial charge in [-0.15, -0.1) is 0 Å². The van der Waals surface area contributed by atoms with E-state index in [-0.39, 0.29) is 36.0 Å². The van der Waals surface area contributed by atoms with Gasteiger partial charge in [0, 0.05) is 12.0 Å². The van der Waals surface area contributed by atoms with Gasteiger partial charge in [0.2, 0.25) is 0 Å². The van der Waals surface area contributed by atoms with E-state index in [1.54, 1.807) is 32.9 Å². The summed E-state index contributed by atoms with van der Waals surface area (Å²) < 4.78 is 0. The summed E-state index contributed by atoms with van der Waals surface area (Å²) in [7, 11) is 0. The van der Waals surface area contributed by atoms with Gasteiger partial charge in [0.05, 0.1) is 34.8 Å². The average molecular weight is 586 g/mol. The van der Waals surface area contributed by atoms with E-state index in [1.165, 1.54) is 29.2 Å². The zero-order valence-electron chi connectivity index (χ0n) is 25.2. The Balaban J connectivity index is 1.56. The maximum absolute atomic E-state index is 13.7. The first-order valence-corrected chi connectivity index (χ1v) is 14.5. The van der Waals surface area contributed by atoms with Crippen LogP contribution in [0.2, 0.25) is 0 Å². The molecule has 9 nitrogen and oxygen atoms in total. The van der Waals surface area contributed by atoms with Crippen LogP contribution in [0.15, 0.2) is 60.7 Å². The Kier molecular flexibility index (Phi) is 9.27. The number of nitrogens with two attached hydrogens (primary N) is 1. The van der Waals surface area contributed by atoms with E-state index in [2.05, 4.69) is 5.32 Å². The fraction of sp³-hybridized carbons (Fsp3) is 0.382. The molecule has 43 heavy (non-hydrogen) atoms. The summed E-state index contributed by atoms with van der Waals surface area (Å²) in [6.45, 7) is 9.26. The minimum Gasteiger partial charge on any atom is -0.478 e. The van der Waals surface area contributed by atoms with E-state index in [0.29, 0.717) is 23.1 Å². The zero-order chi connectivity index (χ0) is 31.6. The normalized spacial score (nSPS) is 15.5. The molecule has 226 valence electrons. The number of ketones is 2. The molecule has 0 aromatic heterocycles. The highest BCUT2D eigenvalue weighted by Gasteiger charge is 2.39. The third-order valence-corrected chi connectivity index (χ3v) is 7.81. The molecular formula is C34H39N3O6. The van der Waals surface area contributed by atoms with E-state index in [1.807, 2.05) is 38.1 Å². The third-order valence-electron chi connectivity index (χ3n) is 7.81. The molecule has 2 unspecified atom stereocenters. The number of carboxylic acids is 1. The first kappa shape index (κ1) is 31.7. The lowest BCUT2D eigenvalue weighted by molar-refractivity contribution is -0.130. The SMILES string of the molecule is CC(C)CC(N[C@@H](CCN1C(=O)c2cc3ccccc3cc2C1=O)C(=O)C(C)(C)C)C(=O)C(N)c1ccc(C(=O)O)cc1. The van der Waals surface area contributed by atoms with Gasteiger partial charge in [0.25, 0.3) is 11.8 Å². The predicted molar refractivity (Wildman–Crippen MR) is 164 cm³/mol. The summed E-state index contributed by atoms with van der Waals surface area (Å²) in [5, 5.41) is 14.2. The smallest absolute Gasteiger partial charge is 0.335 e. The lowest BCUT2D eigenvalue weighted by Gasteiger charge is -2.31. The standard InChI is InChI=1S/C34H39N3O6/c1-19(2)16-27(29(38)28(35)20-10-12-21(13-11-20)33(42)43)36-26(30(39)34(3,4)5)14-15-37-31(40)24-17-22-8-6-7-9-23(22)18-25(24)32(37)41/h6-13,17-19,26-28,36H,14-16,35H2,1-5H3,(H,42,43)/t26-,27?,28?/m0/s1. The second kappa shape index (κ2) is 12.6. The Morgan fingerprint density at radius 2 is 1.42 bits per heavy atom. The molecule has 1 heterocycles. The third kappa shape index (κ3) is 6.89. The maximum Gasteiger partial charge on any atom is 0.335 e. The van der Waals surface area contributed by atoms with Crippen LogP contribution >= 0.6 is 0 Å². The molecular weight excluding hydrogens is 546 g/mol. The predicted octanol–water partition coefficient (Wildman–Crippen LogP) is 4.78. The summed E-state index contributed by atoms with van der Waals surface area (Å²) in [5.41, 5.74) is 6.81. The molecule has 2 amide bonds. The minimum atomic E-state index is -1.08. The number of benzene rings is 3. The molecule has 0 radical (unpaired) electrons. The van der Waals surface area contributed by atoms with Crippen LogP contribution in [0.4, 0.5) is 0 Å². The minimum absolute atomic E-state index is 0.00648. The number of imide groups is 1. The fourth-order valence-corrected chi connectivity index (χ4v) is 5.45. The van der Waals surface area contributed by atoms with Gasteiger partial charge in [0.15, 0.2) is 11.6 Å². The zero-order valence-corrected chi connectivity index (χ0v) is 25.2. The Bertz CT molecular complexity index is 1520. The molecule has 0 fully saturated rings. The van der Waals surface area contributed by atoms with Gasteiger partial charge >= 0.3 is 5.97 Å². The van der Waals surface area contributed by atoms with E-state index in [0.717, 1.165) is 10.8 Å². The molecule has 0 aliphatic carbocycles. The van der Waals surface area contributed by atoms with Crippen molar-refractivity contribution in [2.75, 3.05) is 6.54 Å². The van der Waals surface area contributed by atoms with E-state index in [9.17, 15) is 29.1 Å². The molecule has 9 heteroatoms. The van der Waals surface area contributed by atoms with Crippen molar-refractivity contribution in [2.45, 2.75) is 65.6 Å². The number of carbonyl (C=O) groups is 5. The quantitative estimate of drug-likeness (QED) is 0.257. The molecule has 0 spiro atoms. The number of rotatable bonds is 12. The van der Waals surface area contributed by atoms with Crippen LogP contribution in [0.1, 0.15) is 90.1 Å². The Labute approximate surface area is 251 Å². The number of fused-ring (bicyclic) bond motifs is 2. The first-order valence-electron chi connectivity index (χ1n) is 14.5. The summed E-state index contributed by atoms with van der Waals surface area (Å²) in [4.78, 5) is 66.4. The number of carbonyl (C=O) groups excluding carboxylic acids is 4. The van der Waals surface area contributed by atoms with Gasteiger partial charge in [-0.05, 0) is 59.4 Å². The van der Waals surface area contributed by atoms with E-state index >= 15 is 0 Å². The van der Waals surface area contributed by atoms with Crippen molar-refractivity contribution in [2.24, 2.45) is 17.1 Å². The fourth-order valence-electron chi connectivity index (χ4n) is 5.45. The summed E-state index contributed by atoms with van der Waals surface area (Å²) in [6, 6.07) is 14.1. The van der Waals surface area contributed by atoms with Crippen molar-refractivity contribution < 1.29 is 29.1 Å². The van der Waals surface area contributed by atoms with Crippen molar-refractivity contribution in [3.8, 4) is 0 Å². The van der Waals surface area contributed by atoms with Crippen LogP contribution in [0, 0.1) is 11.3 Å². The van der Waals surface area contributed by atoms with Gasteiger partial charge in [-0.2, -0.15) is 0 Å². The van der Waals surface area contributed by atoms with Gasteiger partial charge in [-0.3, -0.25) is 29.4 Å². The molecule has 0 saturated heterocycles. The second-order valence-electron chi connectivity index (χ2n) is 12.6. The molecule has 1 aliphatic rings. The summed E-state index contributed by atoms with van der Waals surface area (Å²) in [6.07, 6.45) is 0.513. The molecule has 3 aromatic rings. The van der Waals surface area contributed by atoms with Crippen LogP contribution in [0.3, 0.4) is 0 Å². The van der Waals surface area contributed by atoms with Crippen molar-refractivity contribution >= 4 is 40.1 Å². The van der Waals surface area contributed by atoms with Crippen LogP contribution in [-0.2, 0) is 9.59 Å². The Hall–Kier alpha value is -4.21. The lowest BCUT2D eigenvalue weighted by Crippen LogP contribution is -2.53. The highest BCUT2D eigenvalue weighted by molar-refractivity contribution is 6.23. The molecule has 1 aliphatic heterocycles. The summed E-state index contributed by atoms with van der Waals surface area (Å²) >= 11 is 0. The molecule has 4 rings (SSSR count). The molecule has 4 N–H and O–H groups in total. The topological polar surface area (TPSA) is 147 Å². The van der Waals surface area contributed by atoms with Gasteiger partial charge in [0.1, 0.15) is 0 Å². The first-order chi connectivity index (χ1) is 20.2. The Morgan fingerprint density at radius 3 is 1.88 bits per heavy atom. The Morgan fingerprint density at radius 1 is 0.884 bits per heavy atom. The van der Waals surface area contributed by atoms with Crippen LogP contribution < -0.4 is 11.1 Å². The summed E-state index contributed by atoms with van der Waals surface area (Å²) in [5.74, 6) is -2.31. The number of hydrogen-bond acceptors (Lipinski definition) is 7. The van der Waals surface area contributed by atoms with Gasteiger partial charge in [-0.25, -0.2) is 4.79 Å². The van der Waals surface area contributed by atoms with Gasteiger partial charge in [-0.1, -0.05) is 71.0 Å². The monoisotopic (exact) mass is 585 g/mol. The molecule has 0 saturated carbocycles. The lowest BCUT2D eigenvalue weighted by atomic mass is 9.84. The molecule has 0 bridgehead atoms. The average Bonchev–Trinajstić information content (AvgIpc) is 3.19. The molecule has 3 atom stereocenters. The van der Waals surface area contributed by atoms with Crippen LogP contribution in [-0.4, -0.2) is 58.0 Å². The highest BCUT2D eigenvalue weighted by atomic mass is 16.4. The van der Waals surface area contributed by atoms with Crippen molar-refractivity contribution in [1.29, 1.82) is 0 Å². The number of amides is 2.